The number of hydrogen-bond acceptors (Lipinski definition) is 12. The number of aromatic amines is 1. The number of nitrogens with one attached hydrogen (secondary N) is 5. The second-order valence-electron chi connectivity index (χ2n) is 25.0. The molecule has 10 atom stereocenters. The fourth-order valence-electron chi connectivity index (χ4n) is 11.4. The van der Waals surface area contributed by atoms with E-state index in [0.29, 0.717) is 12.1 Å². The Morgan fingerprint density at radius 1 is 0.747 bits per heavy atom. The zero-order chi connectivity index (χ0) is 57.8. The van der Waals surface area contributed by atoms with Crippen molar-refractivity contribution < 1.29 is 63.6 Å². The molecular weight excluding hydrogens is 1010 g/mol. The second-order valence-corrected chi connectivity index (χ2v) is 26.1. The van der Waals surface area contributed by atoms with Crippen LogP contribution in [0.5, 0.6) is 0 Å². The third-order valence-corrected chi connectivity index (χ3v) is 16.9. The lowest BCUT2D eigenvalue weighted by atomic mass is 9.55. The molecular formula is C53H89N7O13S2. The Kier molecular flexibility index (Phi) is 23.8. The van der Waals surface area contributed by atoms with Crippen molar-refractivity contribution in [3.63, 3.8) is 0 Å². The van der Waals surface area contributed by atoms with Crippen LogP contribution >= 0.6 is 25.3 Å². The summed E-state index contributed by atoms with van der Waals surface area (Å²) in [4.78, 5) is 130. The molecule has 1 aromatic heterocycles. The summed E-state index contributed by atoms with van der Waals surface area (Å²) in [6, 6.07) is 0. The summed E-state index contributed by atoms with van der Waals surface area (Å²) < 4.78 is 0. The lowest BCUT2D eigenvalue weighted by Crippen LogP contribution is -2.57. The standard InChI is InChI=1S/C53H89N7O13S2/c1-48(2,3)38(40(54)62)39(47(72)73)51(9,10)25-33(45(68)69)36(43(65)57-20-18-29-27-55-28-59-29)53(13)26-31(41(63)60-53)37(46(70)71)50(7,8)24-32(44(66)67)35(52(11,12)49(4,5)6)42(64)58-22-21-56-34(61)17-15-14-16-30(75)19-23-74/h27-28,30-33,35-39,74-75H,14-26H2,1-13H3,(H2,54,62)(H,55,59)(H,56,61)(H,57,65)(H,58,64)(H,60,63)(H,66,67)(H,68,69)(H,70,71)(H,72,73). The Morgan fingerprint density at radius 2 is 1.31 bits per heavy atom. The smallest absolute Gasteiger partial charge is 0.307 e. The number of nitrogens with two attached hydrogens (primary N) is 1. The lowest BCUT2D eigenvalue weighted by Gasteiger charge is -2.48. The first-order valence-electron chi connectivity index (χ1n) is 25.9. The molecule has 11 N–H and O–H groups in total. The minimum Gasteiger partial charge on any atom is -0.481 e. The minimum absolute atomic E-state index is 0.0258. The third-order valence-electron chi connectivity index (χ3n) is 16.1. The van der Waals surface area contributed by atoms with E-state index in [1.807, 2.05) is 20.8 Å². The van der Waals surface area contributed by atoms with Gasteiger partial charge in [0.05, 0.1) is 59.2 Å². The average Bonchev–Trinajstić information content (AvgIpc) is 3.87. The molecule has 10 unspecified atom stereocenters. The summed E-state index contributed by atoms with van der Waals surface area (Å²) in [6.07, 6.45) is 5.26. The van der Waals surface area contributed by atoms with E-state index in [1.54, 1.807) is 34.6 Å². The number of thiol groups is 2. The van der Waals surface area contributed by atoms with Gasteiger partial charge < -0.3 is 52.4 Å². The van der Waals surface area contributed by atoms with E-state index in [2.05, 4.69) is 56.5 Å². The van der Waals surface area contributed by atoms with E-state index in [9.17, 15) is 63.6 Å². The van der Waals surface area contributed by atoms with Gasteiger partial charge in [-0.15, -0.1) is 0 Å². The number of carboxylic acids is 4. The molecule has 0 bridgehead atoms. The van der Waals surface area contributed by atoms with Crippen molar-refractivity contribution in [1.29, 1.82) is 0 Å². The summed E-state index contributed by atoms with van der Waals surface area (Å²) in [5, 5.41) is 55.2. The van der Waals surface area contributed by atoms with Gasteiger partial charge in [-0.3, -0.25) is 43.2 Å². The Balaban J connectivity index is 2.65. The first kappa shape index (κ1) is 66.3. The summed E-state index contributed by atoms with van der Waals surface area (Å²) in [5.41, 5.74) is -1.24. The van der Waals surface area contributed by atoms with Crippen molar-refractivity contribution in [2.75, 3.05) is 25.4 Å². The summed E-state index contributed by atoms with van der Waals surface area (Å²) in [7, 11) is 0. The van der Waals surface area contributed by atoms with Crippen LogP contribution in [0.1, 0.15) is 147 Å². The molecule has 1 aromatic rings. The van der Waals surface area contributed by atoms with Crippen LogP contribution in [0.4, 0.5) is 0 Å². The Bertz CT molecular complexity index is 2170. The van der Waals surface area contributed by atoms with Crippen LogP contribution < -0.4 is 27.0 Å². The highest BCUT2D eigenvalue weighted by Crippen LogP contribution is 2.53. The highest BCUT2D eigenvalue weighted by molar-refractivity contribution is 7.81. The topological polar surface area (TPSA) is 337 Å². The third kappa shape index (κ3) is 17.8. The van der Waals surface area contributed by atoms with E-state index in [4.69, 9.17) is 5.73 Å². The lowest BCUT2D eigenvalue weighted by molar-refractivity contribution is -0.161. The highest BCUT2D eigenvalue weighted by Gasteiger charge is 2.60. The van der Waals surface area contributed by atoms with Gasteiger partial charge in [-0.2, -0.15) is 25.3 Å². The van der Waals surface area contributed by atoms with Crippen LogP contribution in [0, 0.1) is 74.4 Å². The quantitative estimate of drug-likeness (QED) is 0.0315. The van der Waals surface area contributed by atoms with Gasteiger partial charge in [0, 0.05) is 49.6 Å². The molecule has 0 spiro atoms. The highest BCUT2D eigenvalue weighted by atomic mass is 32.1. The number of imidazole rings is 1. The maximum absolute atomic E-state index is 14.7. The van der Waals surface area contributed by atoms with E-state index in [0.717, 1.165) is 25.0 Å². The van der Waals surface area contributed by atoms with Crippen molar-refractivity contribution in [1.82, 2.24) is 31.2 Å². The molecule has 2 rings (SSSR count). The zero-order valence-electron chi connectivity index (χ0n) is 46.4. The van der Waals surface area contributed by atoms with E-state index >= 15 is 0 Å². The van der Waals surface area contributed by atoms with Crippen molar-refractivity contribution in [2.45, 2.75) is 159 Å². The molecule has 0 radical (unpaired) electrons. The fourth-order valence-corrected chi connectivity index (χ4v) is 12.2. The Labute approximate surface area is 454 Å². The maximum Gasteiger partial charge on any atom is 0.307 e. The second kappa shape index (κ2) is 27.0. The summed E-state index contributed by atoms with van der Waals surface area (Å²) in [5.74, 6) is -20.8. The predicted molar refractivity (Wildman–Crippen MR) is 289 cm³/mol. The van der Waals surface area contributed by atoms with Crippen molar-refractivity contribution >= 4 is 78.7 Å². The number of hydrogen-bond donors (Lipinski definition) is 12. The number of carbonyl (C=O) groups excluding carboxylic acids is 5. The van der Waals surface area contributed by atoms with Gasteiger partial charge >= 0.3 is 23.9 Å². The number of unbranched alkanes of at least 4 members (excludes halogenated alkanes) is 1. The van der Waals surface area contributed by atoms with Crippen molar-refractivity contribution in [3.8, 4) is 0 Å². The molecule has 0 aromatic carbocycles. The normalized spacial score (nSPS) is 19.8. The molecule has 75 heavy (non-hydrogen) atoms. The predicted octanol–water partition coefficient (Wildman–Crippen LogP) is 5.46. The Morgan fingerprint density at radius 3 is 1.79 bits per heavy atom. The number of aliphatic carboxylic acids is 4. The number of carbonyl (C=O) groups is 9. The number of amides is 5. The van der Waals surface area contributed by atoms with Gasteiger partial charge in [-0.05, 0) is 78.3 Å². The summed E-state index contributed by atoms with van der Waals surface area (Å²) >= 11 is 8.76. The van der Waals surface area contributed by atoms with Crippen molar-refractivity contribution in [3.05, 3.63) is 18.2 Å². The average molecular weight is 1100 g/mol. The Hall–Kier alpha value is -4.86. The van der Waals surface area contributed by atoms with Gasteiger partial charge in [0.2, 0.25) is 29.5 Å². The molecule has 22 heteroatoms. The molecule has 0 saturated carbocycles. The first-order chi connectivity index (χ1) is 34.3. The number of rotatable bonds is 32. The molecule has 426 valence electrons. The first-order valence-corrected chi connectivity index (χ1v) is 27.0. The van der Waals surface area contributed by atoms with Crippen LogP contribution in [0.25, 0.3) is 0 Å². The van der Waals surface area contributed by atoms with Crippen molar-refractivity contribution in [2.24, 2.45) is 80.2 Å². The van der Waals surface area contributed by atoms with Crippen LogP contribution in [0.2, 0.25) is 0 Å². The van der Waals surface area contributed by atoms with Crippen LogP contribution in [0.3, 0.4) is 0 Å². The molecule has 1 aliphatic heterocycles. The van der Waals surface area contributed by atoms with Crippen LogP contribution in [-0.4, -0.2) is 120 Å². The van der Waals surface area contributed by atoms with Gasteiger partial charge in [-0.1, -0.05) is 89.5 Å². The number of aromatic nitrogens is 2. The number of H-pyrrole nitrogens is 1. The summed E-state index contributed by atoms with van der Waals surface area (Å²) in [6.45, 7) is 21.3. The molecule has 0 aliphatic carbocycles. The zero-order valence-corrected chi connectivity index (χ0v) is 48.2. The van der Waals surface area contributed by atoms with Gasteiger partial charge in [0.15, 0.2) is 0 Å². The molecule has 5 amide bonds. The largest absolute Gasteiger partial charge is 0.481 e. The van der Waals surface area contributed by atoms with E-state index in [1.165, 1.54) is 47.1 Å². The molecule has 1 aliphatic rings. The van der Waals surface area contributed by atoms with Crippen LogP contribution in [0.15, 0.2) is 12.5 Å². The molecule has 1 saturated heterocycles. The molecule has 2 heterocycles. The number of nitrogens with zero attached hydrogens (tertiary/aromatic N) is 1. The minimum atomic E-state index is -1.81. The van der Waals surface area contributed by atoms with Gasteiger partial charge in [0.25, 0.3) is 0 Å². The number of carboxylic acid groups (broad SMARTS) is 4. The number of primary amides is 1. The molecule has 1 fully saturated rings. The fraction of sp³-hybridized carbons (Fsp3) is 0.774. The molecule has 20 nitrogen and oxygen atoms in total. The SMILES string of the molecule is CC(C)(C)C(C(N)=O)C(C(=O)O)C(C)(C)CC(C(=O)O)C(C(=O)NCCc1cnc[nH]1)C1(C)CC(C(C(=O)O)C(C)(C)CC(C(=O)O)C(C(=O)NCCNC(=O)CCCCC(S)CCS)C(C)(C)C(C)(C)C)C(=O)N1. The van der Waals surface area contributed by atoms with Gasteiger partial charge in [-0.25, -0.2) is 4.98 Å². The van der Waals surface area contributed by atoms with Gasteiger partial charge in [0.1, 0.15) is 0 Å². The van der Waals surface area contributed by atoms with E-state index in [-0.39, 0.29) is 43.6 Å². The maximum atomic E-state index is 14.7. The van der Waals surface area contributed by atoms with E-state index < -0.39 is 147 Å². The van der Waals surface area contributed by atoms with Crippen LogP contribution in [-0.2, 0) is 49.6 Å². The monoisotopic (exact) mass is 1100 g/mol.